The molecule has 2 aromatic rings. The number of hydrogen-bond acceptors (Lipinski definition) is 3. The van der Waals surface area contributed by atoms with Gasteiger partial charge in [-0.25, -0.2) is 0 Å². The Bertz CT molecular complexity index is 737. The normalized spacial score (nSPS) is 19.1. The van der Waals surface area contributed by atoms with Gasteiger partial charge in [0.1, 0.15) is 6.17 Å². The number of halogens is 3. The average molecular weight is 402 g/mol. The third-order valence-corrected chi connectivity index (χ3v) is 4.87. The number of fused-ring (bicyclic) bond motifs is 1. The van der Waals surface area contributed by atoms with Crippen molar-refractivity contribution in [2.24, 2.45) is 0 Å². The average Bonchev–Trinajstić information content (AvgIpc) is 3.10. The predicted molar refractivity (Wildman–Crippen MR) is 102 cm³/mol. The Labute approximate surface area is 161 Å². The minimum Gasteiger partial charge on any atom is -0.377 e. The van der Waals surface area contributed by atoms with E-state index in [4.69, 9.17) is 39.5 Å². The molecule has 1 aliphatic rings. The monoisotopic (exact) mass is 400 g/mol. The third kappa shape index (κ3) is 4.78. The van der Waals surface area contributed by atoms with E-state index in [2.05, 4.69) is 10.6 Å². The minimum absolute atomic E-state index is 0.0734. The zero-order valence-corrected chi connectivity index (χ0v) is 15.7. The van der Waals surface area contributed by atoms with Crippen molar-refractivity contribution in [1.82, 2.24) is 10.6 Å². The van der Waals surface area contributed by atoms with Gasteiger partial charge in [0, 0.05) is 18.7 Å². The van der Waals surface area contributed by atoms with Crippen LogP contribution < -0.4 is 10.6 Å². The molecule has 0 unspecified atom stereocenters. The first kappa shape index (κ1) is 18.7. The molecule has 0 saturated carbocycles. The summed E-state index contributed by atoms with van der Waals surface area (Å²) < 4.78 is 3.88. The summed E-state index contributed by atoms with van der Waals surface area (Å²) in [6, 6.07) is 13.2. The second-order valence-corrected chi connectivity index (χ2v) is 8.39. The largest absolute Gasteiger partial charge is 0.377 e. The number of carbonyl (C=O) groups is 1. The van der Waals surface area contributed by atoms with Crippen molar-refractivity contribution in [3.8, 4) is 0 Å². The summed E-state index contributed by atoms with van der Waals surface area (Å²) in [5, 5.41) is 7.72. The smallest absolute Gasteiger partial charge is 0.253 e. The van der Waals surface area contributed by atoms with E-state index >= 15 is 0 Å². The molecule has 7 heteroatoms. The lowest BCUT2D eigenvalue weighted by molar-refractivity contribution is 0.0898. The molecule has 1 aliphatic heterocycles. The molecule has 1 amide bonds. The highest BCUT2D eigenvalue weighted by molar-refractivity contribution is 6.68. The predicted octanol–water partition coefficient (Wildman–Crippen LogP) is 4.03. The maximum absolute atomic E-state index is 12.8. The third-order valence-electron chi connectivity index (χ3n) is 4.21. The molecule has 2 atom stereocenters. The van der Waals surface area contributed by atoms with E-state index in [-0.39, 0.29) is 12.0 Å². The van der Waals surface area contributed by atoms with Gasteiger partial charge in [-0.3, -0.25) is 10.1 Å². The lowest BCUT2D eigenvalue weighted by Gasteiger charge is -2.28. The Morgan fingerprint density at radius 2 is 1.96 bits per heavy atom. The van der Waals surface area contributed by atoms with Crippen LogP contribution in [0.15, 0.2) is 42.5 Å². The van der Waals surface area contributed by atoms with E-state index in [0.29, 0.717) is 12.1 Å². The maximum Gasteiger partial charge on any atom is 0.253 e. The summed E-state index contributed by atoms with van der Waals surface area (Å²) in [4.78, 5) is 12.8. The summed E-state index contributed by atoms with van der Waals surface area (Å²) in [5.74, 6) is -0.298. The first-order valence-corrected chi connectivity index (χ1v) is 9.29. The number of rotatable bonds is 5. The van der Waals surface area contributed by atoms with E-state index in [0.717, 1.165) is 30.2 Å². The fraction of sp³-hybridized carbons (Fsp3) is 0.389. The van der Waals surface area contributed by atoms with Crippen molar-refractivity contribution in [2.45, 2.75) is 28.9 Å². The number of carbonyl (C=O) groups excluding carboxylic acids is 1. The summed E-state index contributed by atoms with van der Waals surface area (Å²) in [5.41, 5.74) is 0.538. The SMILES string of the molecule is O=C(N[C@H](NC[C@H]1CCCO1)C(Cl)(Cl)Cl)c1cccc2ccccc12. The van der Waals surface area contributed by atoms with Gasteiger partial charge in [0.25, 0.3) is 5.91 Å². The van der Waals surface area contributed by atoms with Crippen LogP contribution in [-0.2, 0) is 4.74 Å². The molecule has 4 nitrogen and oxygen atoms in total. The van der Waals surface area contributed by atoms with Crippen molar-refractivity contribution < 1.29 is 9.53 Å². The van der Waals surface area contributed by atoms with Gasteiger partial charge in [0.05, 0.1) is 6.10 Å². The van der Waals surface area contributed by atoms with E-state index in [1.807, 2.05) is 36.4 Å². The molecule has 0 bridgehead atoms. The lowest BCUT2D eigenvalue weighted by Crippen LogP contribution is -2.55. The van der Waals surface area contributed by atoms with Crippen LogP contribution in [0.3, 0.4) is 0 Å². The highest BCUT2D eigenvalue weighted by Gasteiger charge is 2.34. The maximum atomic E-state index is 12.8. The molecule has 0 aliphatic carbocycles. The minimum atomic E-state index is -1.68. The van der Waals surface area contributed by atoms with Crippen molar-refractivity contribution in [2.75, 3.05) is 13.2 Å². The Kier molecular flexibility index (Phi) is 6.08. The quantitative estimate of drug-likeness (QED) is 0.587. The zero-order valence-electron chi connectivity index (χ0n) is 13.5. The molecule has 25 heavy (non-hydrogen) atoms. The van der Waals surface area contributed by atoms with E-state index < -0.39 is 9.96 Å². The van der Waals surface area contributed by atoms with Crippen LogP contribution in [0.25, 0.3) is 10.8 Å². The Morgan fingerprint density at radius 3 is 2.68 bits per heavy atom. The van der Waals surface area contributed by atoms with Crippen LogP contribution in [0.4, 0.5) is 0 Å². The van der Waals surface area contributed by atoms with E-state index in [1.165, 1.54) is 0 Å². The van der Waals surface area contributed by atoms with Gasteiger partial charge in [-0.05, 0) is 29.7 Å². The molecule has 0 radical (unpaired) electrons. The standard InChI is InChI=1S/C18H19Cl3N2O2/c19-18(20,21)17(22-11-13-7-4-10-25-13)23-16(24)15-9-3-6-12-5-1-2-8-14(12)15/h1-3,5-6,8-9,13,17,22H,4,7,10-11H2,(H,23,24)/t13-,17+/m1/s1. The van der Waals surface area contributed by atoms with Crippen LogP contribution in [-0.4, -0.2) is 35.1 Å². The van der Waals surface area contributed by atoms with Crippen molar-refractivity contribution in [3.05, 3.63) is 48.0 Å². The number of amides is 1. The zero-order chi connectivity index (χ0) is 17.9. The molecular weight excluding hydrogens is 383 g/mol. The molecule has 1 heterocycles. The van der Waals surface area contributed by atoms with Gasteiger partial charge >= 0.3 is 0 Å². The van der Waals surface area contributed by atoms with Crippen LogP contribution in [0.5, 0.6) is 0 Å². The van der Waals surface area contributed by atoms with Crippen molar-refractivity contribution in [3.63, 3.8) is 0 Å². The first-order chi connectivity index (χ1) is 11.9. The molecule has 2 N–H and O–H groups in total. The first-order valence-electron chi connectivity index (χ1n) is 8.15. The van der Waals surface area contributed by atoms with Gasteiger partial charge < -0.3 is 10.1 Å². The highest BCUT2D eigenvalue weighted by atomic mass is 35.6. The Balaban J connectivity index is 1.74. The van der Waals surface area contributed by atoms with Crippen molar-refractivity contribution in [1.29, 1.82) is 0 Å². The van der Waals surface area contributed by atoms with E-state index in [1.54, 1.807) is 6.07 Å². The summed E-state index contributed by atoms with van der Waals surface area (Å²) >= 11 is 18.1. The second-order valence-electron chi connectivity index (χ2n) is 6.02. The fourth-order valence-electron chi connectivity index (χ4n) is 2.94. The lowest BCUT2D eigenvalue weighted by atomic mass is 10.0. The van der Waals surface area contributed by atoms with Crippen LogP contribution >= 0.6 is 34.8 Å². The van der Waals surface area contributed by atoms with Gasteiger partial charge in [0.2, 0.25) is 3.79 Å². The molecule has 1 fully saturated rings. The van der Waals surface area contributed by atoms with Crippen LogP contribution in [0.2, 0.25) is 0 Å². The topological polar surface area (TPSA) is 50.4 Å². The number of alkyl halides is 3. The summed E-state index contributed by atoms with van der Waals surface area (Å²) in [7, 11) is 0. The number of benzene rings is 2. The number of ether oxygens (including phenoxy) is 1. The molecule has 1 saturated heterocycles. The molecule has 134 valence electrons. The van der Waals surface area contributed by atoms with E-state index in [9.17, 15) is 4.79 Å². The molecule has 3 rings (SSSR count). The molecule has 0 spiro atoms. The molecular formula is C18H19Cl3N2O2. The fourth-order valence-corrected chi connectivity index (χ4v) is 3.33. The second kappa shape index (κ2) is 8.11. The number of nitrogens with one attached hydrogen (secondary N) is 2. The number of hydrogen-bond donors (Lipinski definition) is 2. The van der Waals surface area contributed by atoms with Crippen molar-refractivity contribution >= 4 is 51.5 Å². The summed E-state index contributed by atoms with van der Waals surface area (Å²) in [6.07, 6.45) is 1.22. The molecule has 2 aromatic carbocycles. The summed E-state index contributed by atoms with van der Waals surface area (Å²) in [6.45, 7) is 1.25. The molecule has 0 aromatic heterocycles. The van der Waals surface area contributed by atoms with Crippen LogP contribution in [0.1, 0.15) is 23.2 Å². The van der Waals surface area contributed by atoms with Gasteiger partial charge in [-0.1, -0.05) is 71.2 Å². The van der Waals surface area contributed by atoms with Gasteiger partial charge in [-0.2, -0.15) is 0 Å². The Hall–Kier alpha value is -1.04. The van der Waals surface area contributed by atoms with Crippen LogP contribution in [0, 0.1) is 0 Å². The highest BCUT2D eigenvalue weighted by Crippen LogP contribution is 2.30. The van der Waals surface area contributed by atoms with Gasteiger partial charge in [-0.15, -0.1) is 0 Å². The van der Waals surface area contributed by atoms with Gasteiger partial charge in [0.15, 0.2) is 0 Å². The Morgan fingerprint density at radius 1 is 1.20 bits per heavy atom.